The SMILES string of the molecule is CC(C)NC(=O)c1ccccc1NC(=O)[C@@H]1CC(=O)N(c2ccc(OC(C)C)cc2)C1. The summed E-state index contributed by atoms with van der Waals surface area (Å²) in [6, 6.07) is 14.1. The molecule has 2 aromatic rings. The van der Waals surface area contributed by atoms with E-state index >= 15 is 0 Å². The Bertz CT molecular complexity index is 954. The van der Waals surface area contributed by atoms with Crippen molar-refractivity contribution < 1.29 is 19.1 Å². The second kappa shape index (κ2) is 9.64. The van der Waals surface area contributed by atoms with Crippen LogP contribution in [-0.4, -0.2) is 36.4 Å². The van der Waals surface area contributed by atoms with Gasteiger partial charge in [0.25, 0.3) is 5.91 Å². The highest BCUT2D eigenvalue weighted by atomic mass is 16.5. The molecule has 7 nitrogen and oxygen atoms in total. The minimum absolute atomic E-state index is 0.0189. The summed E-state index contributed by atoms with van der Waals surface area (Å²) < 4.78 is 5.64. The minimum Gasteiger partial charge on any atom is -0.491 e. The van der Waals surface area contributed by atoms with Gasteiger partial charge in [0, 0.05) is 24.7 Å². The quantitative estimate of drug-likeness (QED) is 0.712. The van der Waals surface area contributed by atoms with E-state index in [1.165, 1.54) is 0 Å². The van der Waals surface area contributed by atoms with E-state index in [0.29, 0.717) is 11.3 Å². The zero-order valence-corrected chi connectivity index (χ0v) is 18.3. The normalized spacial score (nSPS) is 16.0. The highest BCUT2D eigenvalue weighted by Crippen LogP contribution is 2.28. The molecule has 0 radical (unpaired) electrons. The first-order valence-electron chi connectivity index (χ1n) is 10.5. The lowest BCUT2D eigenvalue weighted by molar-refractivity contribution is -0.122. The molecule has 7 heteroatoms. The molecule has 164 valence electrons. The first-order chi connectivity index (χ1) is 14.7. The number of ether oxygens (including phenoxy) is 1. The van der Waals surface area contributed by atoms with Gasteiger partial charge in [-0.2, -0.15) is 0 Å². The summed E-state index contributed by atoms with van der Waals surface area (Å²) in [5, 5.41) is 5.66. The van der Waals surface area contributed by atoms with Gasteiger partial charge in [0.1, 0.15) is 5.75 Å². The van der Waals surface area contributed by atoms with Gasteiger partial charge >= 0.3 is 0 Å². The Balaban J connectivity index is 1.68. The predicted octanol–water partition coefficient (Wildman–Crippen LogP) is 3.60. The van der Waals surface area contributed by atoms with Crippen molar-refractivity contribution >= 4 is 29.1 Å². The zero-order chi connectivity index (χ0) is 22.5. The number of hydrogen-bond donors (Lipinski definition) is 2. The molecule has 0 aromatic heterocycles. The Morgan fingerprint density at radius 2 is 1.71 bits per heavy atom. The molecule has 1 heterocycles. The van der Waals surface area contributed by atoms with Gasteiger partial charge in [0.05, 0.1) is 23.3 Å². The van der Waals surface area contributed by atoms with E-state index < -0.39 is 5.92 Å². The van der Waals surface area contributed by atoms with Gasteiger partial charge in [-0.05, 0) is 64.1 Å². The molecule has 0 bridgehead atoms. The van der Waals surface area contributed by atoms with Crippen molar-refractivity contribution in [1.29, 1.82) is 0 Å². The van der Waals surface area contributed by atoms with Crippen LogP contribution >= 0.6 is 0 Å². The number of nitrogens with zero attached hydrogens (tertiary/aromatic N) is 1. The van der Waals surface area contributed by atoms with Gasteiger partial charge < -0.3 is 20.3 Å². The monoisotopic (exact) mass is 423 g/mol. The van der Waals surface area contributed by atoms with Crippen LogP contribution in [0.4, 0.5) is 11.4 Å². The van der Waals surface area contributed by atoms with E-state index in [4.69, 9.17) is 4.74 Å². The molecule has 0 saturated carbocycles. The lowest BCUT2D eigenvalue weighted by atomic mass is 10.1. The fourth-order valence-corrected chi connectivity index (χ4v) is 3.47. The van der Waals surface area contributed by atoms with Gasteiger partial charge in [-0.3, -0.25) is 14.4 Å². The molecule has 1 atom stereocenters. The predicted molar refractivity (Wildman–Crippen MR) is 120 cm³/mol. The Labute approximate surface area is 182 Å². The lowest BCUT2D eigenvalue weighted by Crippen LogP contribution is -2.32. The van der Waals surface area contributed by atoms with Crippen molar-refractivity contribution in [3.05, 3.63) is 54.1 Å². The number of carbonyl (C=O) groups excluding carboxylic acids is 3. The van der Waals surface area contributed by atoms with E-state index in [-0.39, 0.29) is 42.8 Å². The summed E-state index contributed by atoms with van der Waals surface area (Å²) >= 11 is 0. The summed E-state index contributed by atoms with van der Waals surface area (Å²) in [7, 11) is 0. The fraction of sp³-hybridized carbons (Fsp3) is 0.375. The lowest BCUT2D eigenvalue weighted by Gasteiger charge is -2.18. The number of rotatable bonds is 7. The number of para-hydroxylation sites is 1. The largest absolute Gasteiger partial charge is 0.491 e. The van der Waals surface area contributed by atoms with Crippen LogP contribution in [0.1, 0.15) is 44.5 Å². The minimum atomic E-state index is -0.500. The summed E-state index contributed by atoms with van der Waals surface area (Å²) in [6.07, 6.45) is 0.189. The Hall–Kier alpha value is -3.35. The van der Waals surface area contributed by atoms with E-state index in [1.807, 2.05) is 52.0 Å². The molecule has 1 aliphatic heterocycles. The van der Waals surface area contributed by atoms with Crippen molar-refractivity contribution in [2.75, 3.05) is 16.8 Å². The molecular formula is C24H29N3O4. The fourth-order valence-electron chi connectivity index (χ4n) is 3.47. The summed E-state index contributed by atoms with van der Waals surface area (Å²) in [4.78, 5) is 39.5. The third-order valence-electron chi connectivity index (χ3n) is 4.87. The molecule has 1 fully saturated rings. The van der Waals surface area contributed by atoms with Crippen LogP contribution in [0, 0.1) is 5.92 Å². The van der Waals surface area contributed by atoms with Crippen LogP contribution in [0.5, 0.6) is 5.75 Å². The third-order valence-corrected chi connectivity index (χ3v) is 4.87. The van der Waals surface area contributed by atoms with Gasteiger partial charge in [0.15, 0.2) is 0 Å². The molecule has 0 aliphatic carbocycles. The summed E-state index contributed by atoms with van der Waals surface area (Å²) in [5.41, 5.74) is 1.56. The number of carbonyl (C=O) groups is 3. The number of nitrogens with one attached hydrogen (secondary N) is 2. The first kappa shape index (κ1) is 22.3. The first-order valence-corrected chi connectivity index (χ1v) is 10.5. The molecule has 0 spiro atoms. The number of hydrogen-bond acceptors (Lipinski definition) is 4. The highest BCUT2D eigenvalue weighted by Gasteiger charge is 2.35. The van der Waals surface area contributed by atoms with Crippen LogP contribution in [0.2, 0.25) is 0 Å². The van der Waals surface area contributed by atoms with Crippen molar-refractivity contribution in [3.8, 4) is 5.75 Å². The summed E-state index contributed by atoms with van der Waals surface area (Å²) in [6.45, 7) is 7.94. The number of anilines is 2. The van der Waals surface area contributed by atoms with Gasteiger partial charge in [0.2, 0.25) is 11.8 Å². The third kappa shape index (κ3) is 5.63. The molecule has 1 saturated heterocycles. The van der Waals surface area contributed by atoms with Gasteiger partial charge in [-0.1, -0.05) is 12.1 Å². The van der Waals surface area contributed by atoms with Crippen molar-refractivity contribution in [1.82, 2.24) is 5.32 Å². The van der Waals surface area contributed by atoms with Crippen LogP contribution < -0.4 is 20.3 Å². The molecular weight excluding hydrogens is 394 g/mol. The average Bonchev–Trinajstić information content (AvgIpc) is 3.10. The zero-order valence-electron chi connectivity index (χ0n) is 18.3. The maximum absolute atomic E-state index is 12.9. The Morgan fingerprint density at radius 1 is 1.03 bits per heavy atom. The van der Waals surface area contributed by atoms with Gasteiger partial charge in [-0.15, -0.1) is 0 Å². The van der Waals surface area contributed by atoms with Crippen LogP contribution in [-0.2, 0) is 9.59 Å². The molecule has 1 aliphatic rings. The molecule has 3 rings (SSSR count). The molecule has 0 unspecified atom stereocenters. The number of amides is 3. The number of benzene rings is 2. The maximum Gasteiger partial charge on any atom is 0.253 e. The van der Waals surface area contributed by atoms with Crippen LogP contribution in [0.25, 0.3) is 0 Å². The molecule has 2 aromatic carbocycles. The molecule has 3 amide bonds. The second-order valence-electron chi connectivity index (χ2n) is 8.23. The van der Waals surface area contributed by atoms with Crippen molar-refractivity contribution in [2.24, 2.45) is 5.92 Å². The Morgan fingerprint density at radius 3 is 2.35 bits per heavy atom. The maximum atomic E-state index is 12.9. The van der Waals surface area contributed by atoms with E-state index in [2.05, 4.69) is 10.6 Å². The summed E-state index contributed by atoms with van der Waals surface area (Å²) in [5.74, 6) is -0.404. The smallest absolute Gasteiger partial charge is 0.253 e. The van der Waals surface area contributed by atoms with Crippen molar-refractivity contribution in [2.45, 2.75) is 46.3 Å². The molecule has 31 heavy (non-hydrogen) atoms. The standard InChI is InChI=1S/C24H29N3O4/c1-15(2)25-24(30)20-7-5-6-8-21(20)26-23(29)17-13-22(28)27(14-17)18-9-11-19(12-10-18)31-16(3)4/h5-12,15-17H,13-14H2,1-4H3,(H,25,30)(H,26,29)/t17-/m1/s1. The average molecular weight is 424 g/mol. The Kier molecular flexibility index (Phi) is 6.95. The van der Waals surface area contributed by atoms with Crippen LogP contribution in [0.3, 0.4) is 0 Å². The van der Waals surface area contributed by atoms with E-state index in [1.54, 1.807) is 29.2 Å². The second-order valence-corrected chi connectivity index (χ2v) is 8.23. The van der Waals surface area contributed by atoms with E-state index in [9.17, 15) is 14.4 Å². The topological polar surface area (TPSA) is 87.7 Å². The molecule has 2 N–H and O–H groups in total. The van der Waals surface area contributed by atoms with Crippen molar-refractivity contribution in [3.63, 3.8) is 0 Å². The van der Waals surface area contributed by atoms with E-state index in [0.717, 1.165) is 11.4 Å². The highest BCUT2D eigenvalue weighted by molar-refractivity contribution is 6.07. The van der Waals surface area contributed by atoms with Crippen LogP contribution in [0.15, 0.2) is 48.5 Å². The van der Waals surface area contributed by atoms with Gasteiger partial charge in [-0.25, -0.2) is 0 Å².